The molecule has 4 nitrogen and oxygen atoms in total. The SMILES string of the molecule is Cc1ccc(O)cc1Nc1ncnc2cc(-c3cccs3)sc12. The second-order valence-electron chi connectivity index (χ2n) is 5.15. The molecule has 0 spiro atoms. The Balaban J connectivity index is 1.79. The second kappa shape index (κ2) is 5.64. The molecule has 0 radical (unpaired) electrons. The first-order valence-electron chi connectivity index (χ1n) is 7.06. The fraction of sp³-hybridized carbons (Fsp3) is 0.0588. The van der Waals surface area contributed by atoms with E-state index < -0.39 is 0 Å². The van der Waals surface area contributed by atoms with Crippen molar-refractivity contribution < 1.29 is 5.11 Å². The molecule has 0 fully saturated rings. The van der Waals surface area contributed by atoms with Gasteiger partial charge in [0.1, 0.15) is 12.1 Å². The van der Waals surface area contributed by atoms with E-state index in [1.165, 1.54) is 9.75 Å². The molecule has 23 heavy (non-hydrogen) atoms. The molecule has 114 valence electrons. The second-order valence-corrected chi connectivity index (χ2v) is 7.15. The Morgan fingerprint density at radius 3 is 2.83 bits per heavy atom. The number of phenols is 1. The highest BCUT2D eigenvalue weighted by molar-refractivity contribution is 7.26. The van der Waals surface area contributed by atoms with Crippen LogP contribution in [0.2, 0.25) is 0 Å². The lowest BCUT2D eigenvalue weighted by Gasteiger charge is -2.09. The lowest BCUT2D eigenvalue weighted by atomic mass is 10.2. The van der Waals surface area contributed by atoms with Gasteiger partial charge >= 0.3 is 0 Å². The van der Waals surface area contributed by atoms with E-state index in [-0.39, 0.29) is 5.75 Å². The molecule has 3 heterocycles. The number of anilines is 2. The summed E-state index contributed by atoms with van der Waals surface area (Å²) in [6.07, 6.45) is 1.56. The third kappa shape index (κ3) is 2.67. The third-order valence-corrected chi connectivity index (χ3v) is 5.75. The van der Waals surface area contributed by atoms with Crippen molar-refractivity contribution in [3.63, 3.8) is 0 Å². The Morgan fingerprint density at radius 1 is 1.09 bits per heavy atom. The molecule has 0 aliphatic heterocycles. The summed E-state index contributed by atoms with van der Waals surface area (Å²) in [7, 11) is 0. The van der Waals surface area contributed by atoms with Gasteiger partial charge in [-0.2, -0.15) is 0 Å². The largest absolute Gasteiger partial charge is 0.508 e. The highest BCUT2D eigenvalue weighted by Gasteiger charge is 2.12. The standard InChI is InChI=1S/C17H13N3OS2/c1-10-4-5-11(21)7-12(10)20-17-16-13(18-9-19-17)8-15(23-16)14-3-2-6-22-14/h2-9,21H,1H3,(H,18,19,20). The van der Waals surface area contributed by atoms with E-state index in [0.29, 0.717) is 0 Å². The highest BCUT2D eigenvalue weighted by Crippen LogP contribution is 2.38. The summed E-state index contributed by atoms with van der Waals surface area (Å²) in [5.74, 6) is 0.991. The zero-order valence-electron chi connectivity index (χ0n) is 12.3. The van der Waals surface area contributed by atoms with E-state index in [1.54, 1.807) is 41.1 Å². The molecule has 0 aliphatic rings. The van der Waals surface area contributed by atoms with E-state index in [0.717, 1.165) is 27.3 Å². The summed E-state index contributed by atoms with van der Waals surface area (Å²) >= 11 is 3.39. The van der Waals surface area contributed by atoms with Crippen LogP contribution in [-0.4, -0.2) is 15.1 Å². The molecule has 0 saturated carbocycles. The van der Waals surface area contributed by atoms with Gasteiger partial charge in [0.05, 0.1) is 10.2 Å². The van der Waals surface area contributed by atoms with Gasteiger partial charge in [0.15, 0.2) is 5.82 Å². The van der Waals surface area contributed by atoms with Crippen molar-refractivity contribution >= 4 is 44.4 Å². The zero-order chi connectivity index (χ0) is 15.8. The van der Waals surface area contributed by atoms with Gasteiger partial charge < -0.3 is 10.4 Å². The van der Waals surface area contributed by atoms with Crippen molar-refractivity contribution in [1.29, 1.82) is 0 Å². The Kier molecular flexibility index (Phi) is 3.48. The van der Waals surface area contributed by atoms with Gasteiger partial charge in [0.25, 0.3) is 0 Å². The molecule has 4 rings (SSSR count). The van der Waals surface area contributed by atoms with Crippen molar-refractivity contribution in [2.75, 3.05) is 5.32 Å². The number of thiophene rings is 2. The van der Waals surface area contributed by atoms with Crippen LogP contribution in [0.3, 0.4) is 0 Å². The van der Waals surface area contributed by atoms with Crippen LogP contribution >= 0.6 is 22.7 Å². The van der Waals surface area contributed by atoms with E-state index in [4.69, 9.17) is 0 Å². The fourth-order valence-electron chi connectivity index (χ4n) is 2.36. The number of benzene rings is 1. The number of aryl methyl sites for hydroxylation is 1. The van der Waals surface area contributed by atoms with E-state index in [2.05, 4.69) is 32.8 Å². The first-order chi connectivity index (χ1) is 11.2. The van der Waals surface area contributed by atoms with Gasteiger partial charge in [-0.1, -0.05) is 12.1 Å². The van der Waals surface area contributed by atoms with Crippen LogP contribution in [0.4, 0.5) is 11.5 Å². The molecule has 0 amide bonds. The summed E-state index contributed by atoms with van der Waals surface area (Å²) in [6, 6.07) is 11.5. The van der Waals surface area contributed by atoms with Crippen molar-refractivity contribution in [1.82, 2.24) is 9.97 Å². The maximum atomic E-state index is 9.69. The van der Waals surface area contributed by atoms with Crippen LogP contribution in [0.15, 0.2) is 48.1 Å². The van der Waals surface area contributed by atoms with Crippen LogP contribution in [0.5, 0.6) is 5.75 Å². The number of phenolic OH excluding ortho intramolecular Hbond substituents is 1. The smallest absolute Gasteiger partial charge is 0.151 e. The molecule has 1 aromatic carbocycles. The molecule has 0 unspecified atom stereocenters. The van der Waals surface area contributed by atoms with Crippen LogP contribution < -0.4 is 5.32 Å². The molecular formula is C17H13N3OS2. The first-order valence-corrected chi connectivity index (χ1v) is 8.75. The van der Waals surface area contributed by atoms with Gasteiger partial charge in [-0.25, -0.2) is 9.97 Å². The number of aromatic hydroxyl groups is 1. The minimum atomic E-state index is 0.230. The van der Waals surface area contributed by atoms with Gasteiger partial charge in [-0.3, -0.25) is 0 Å². The Hall–Kier alpha value is -2.44. The number of aromatic nitrogens is 2. The number of rotatable bonds is 3. The van der Waals surface area contributed by atoms with Crippen LogP contribution in [0, 0.1) is 6.92 Å². The number of hydrogen-bond acceptors (Lipinski definition) is 6. The fourth-order valence-corrected chi connectivity index (χ4v) is 4.24. The van der Waals surface area contributed by atoms with Gasteiger partial charge in [-0.15, -0.1) is 22.7 Å². The summed E-state index contributed by atoms with van der Waals surface area (Å²) in [6.45, 7) is 1.99. The molecule has 4 aromatic rings. The molecule has 0 bridgehead atoms. The molecule has 0 saturated heterocycles. The lowest BCUT2D eigenvalue weighted by Crippen LogP contribution is -1.96. The summed E-state index contributed by atoms with van der Waals surface area (Å²) in [4.78, 5) is 11.2. The monoisotopic (exact) mass is 339 g/mol. The maximum absolute atomic E-state index is 9.69. The lowest BCUT2D eigenvalue weighted by molar-refractivity contribution is 0.475. The van der Waals surface area contributed by atoms with Crippen molar-refractivity contribution in [3.05, 3.63) is 53.7 Å². The Labute approximate surface area is 141 Å². The molecule has 0 aliphatic carbocycles. The first kappa shape index (κ1) is 14.2. The van der Waals surface area contributed by atoms with E-state index in [1.807, 2.05) is 19.1 Å². The number of hydrogen-bond donors (Lipinski definition) is 2. The van der Waals surface area contributed by atoms with Gasteiger partial charge in [-0.05, 0) is 36.1 Å². The predicted molar refractivity (Wildman–Crippen MR) is 96.9 cm³/mol. The molecule has 0 atom stereocenters. The Morgan fingerprint density at radius 2 is 2.00 bits per heavy atom. The summed E-state index contributed by atoms with van der Waals surface area (Å²) < 4.78 is 1.01. The van der Waals surface area contributed by atoms with Crippen molar-refractivity contribution in [2.24, 2.45) is 0 Å². The normalized spacial score (nSPS) is 11.0. The number of nitrogens with one attached hydrogen (secondary N) is 1. The maximum Gasteiger partial charge on any atom is 0.151 e. The summed E-state index contributed by atoms with van der Waals surface area (Å²) in [5, 5.41) is 15.1. The summed E-state index contributed by atoms with van der Waals surface area (Å²) in [5.41, 5.74) is 2.81. The zero-order valence-corrected chi connectivity index (χ0v) is 13.9. The number of fused-ring (bicyclic) bond motifs is 1. The minimum Gasteiger partial charge on any atom is -0.508 e. The van der Waals surface area contributed by atoms with Crippen molar-refractivity contribution in [2.45, 2.75) is 6.92 Å². The third-order valence-electron chi connectivity index (χ3n) is 3.55. The molecule has 2 N–H and O–H groups in total. The average Bonchev–Trinajstić information content (AvgIpc) is 3.19. The predicted octanol–water partition coefficient (Wildman–Crippen LogP) is 5.18. The average molecular weight is 339 g/mol. The van der Waals surface area contributed by atoms with E-state index >= 15 is 0 Å². The molecule has 6 heteroatoms. The topological polar surface area (TPSA) is 58.0 Å². The van der Waals surface area contributed by atoms with Gasteiger partial charge in [0.2, 0.25) is 0 Å². The van der Waals surface area contributed by atoms with Gasteiger partial charge in [0, 0.05) is 21.5 Å². The minimum absolute atomic E-state index is 0.230. The van der Waals surface area contributed by atoms with Crippen LogP contribution in [0.25, 0.3) is 20.0 Å². The molecular weight excluding hydrogens is 326 g/mol. The Bertz CT molecular complexity index is 977. The van der Waals surface area contributed by atoms with Crippen LogP contribution in [0.1, 0.15) is 5.56 Å². The highest BCUT2D eigenvalue weighted by atomic mass is 32.1. The number of nitrogens with zero attached hydrogens (tertiary/aromatic N) is 2. The van der Waals surface area contributed by atoms with Crippen LogP contribution in [-0.2, 0) is 0 Å². The molecule has 3 aromatic heterocycles. The quantitative estimate of drug-likeness (QED) is 0.540. The van der Waals surface area contributed by atoms with Crippen molar-refractivity contribution in [3.8, 4) is 15.5 Å². The van der Waals surface area contributed by atoms with E-state index in [9.17, 15) is 5.11 Å².